The number of aryl methyl sites for hydroxylation is 1. The Kier molecular flexibility index (Phi) is 4.81. The Hall–Kier alpha value is -0.940. The van der Waals surface area contributed by atoms with E-state index >= 15 is 0 Å². The van der Waals surface area contributed by atoms with Gasteiger partial charge in [0.2, 0.25) is 0 Å². The van der Waals surface area contributed by atoms with Crippen molar-refractivity contribution >= 4 is 0 Å². The van der Waals surface area contributed by atoms with Gasteiger partial charge in [0.1, 0.15) is 12.2 Å². The van der Waals surface area contributed by atoms with Crippen LogP contribution < -0.4 is 5.32 Å². The van der Waals surface area contributed by atoms with Crippen LogP contribution >= 0.6 is 0 Å². The molecule has 2 rings (SSSR count). The highest BCUT2D eigenvalue weighted by atomic mass is 15.4. The fourth-order valence-electron chi connectivity index (χ4n) is 3.03. The van der Waals surface area contributed by atoms with E-state index in [9.17, 15) is 0 Å². The molecule has 5 heteroatoms. The summed E-state index contributed by atoms with van der Waals surface area (Å²) in [6, 6.07) is 0.566. The summed E-state index contributed by atoms with van der Waals surface area (Å²) in [5.74, 6) is 1.72. The van der Waals surface area contributed by atoms with E-state index in [1.54, 1.807) is 6.33 Å². The smallest absolute Gasteiger partial charge is 0.141 e. The molecule has 1 aliphatic heterocycles. The fraction of sp³-hybridized carbons (Fsp3) is 0.867. The molecule has 0 saturated carbocycles. The quantitative estimate of drug-likeness (QED) is 0.894. The maximum Gasteiger partial charge on any atom is 0.141 e. The minimum absolute atomic E-state index is 0.211. The van der Waals surface area contributed by atoms with Crippen molar-refractivity contribution in [2.45, 2.75) is 65.7 Å². The first-order valence-electron chi connectivity index (χ1n) is 7.85. The van der Waals surface area contributed by atoms with Gasteiger partial charge in [-0.1, -0.05) is 20.8 Å². The van der Waals surface area contributed by atoms with Crippen LogP contribution in [-0.2, 0) is 13.1 Å². The Labute approximate surface area is 122 Å². The van der Waals surface area contributed by atoms with Crippen molar-refractivity contribution < 1.29 is 0 Å². The summed E-state index contributed by atoms with van der Waals surface area (Å²) in [7, 11) is 0. The standard InChI is InChI=1S/C15H29N5/c1-6-15(5)10-19(13(8-17-15)12(3)4)9-14-16-11-18-20(14)7-2/h11-13,17H,6-10H2,1-5H3. The van der Waals surface area contributed by atoms with Gasteiger partial charge in [0.05, 0.1) is 6.54 Å². The highest BCUT2D eigenvalue weighted by Crippen LogP contribution is 2.24. The lowest BCUT2D eigenvalue weighted by Crippen LogP contribution is -2.63. The lowest BCUT2D eigenvalue weighted by molar-refractivity contribution is 0.0507. The number of hydrogen-bond acceptors (Lipinski definition) is 4. The van der Waals surface area contributed by atoms with E-state index in [1.807, 2.05) is 4.68 Å². The molecule has 0 spiro atoms. The largest absolute Gasteiger partial charge is 0.309 e. The summed E-state index contributed by atoms with van der Waals surface area (Å²) in [4.78, 5) is 7.02. The summed E-state index contributed by atoms with van der Waals surface area (Å²) >= 11 is 0. The van der Waals surface area contributed by atoms with E-state index in [1.165, 1.54) is 0 Å². The molecular weight excluding hydrogens is 250 g/mol. The molecule has 1 fully saturated rings. The van der Waals surface area contributed by atoms with Gasteiger partial charge in [-0.25, -0.2) is 9.67 Å². The van der Waals surface area contributed by atoms with Gasteiger partial charge in [0.15, 0.2) is 0 Å². The van der Waals surface area contributed by atoms with Gasteiger partial charge in [0, 0.05) is 31.2 Å². The van der Waals surface area contributed by atoms with Crippen LogP contribution in [0.25, 0.3) is 0 Å². The molecule has 0 aromatic carbocycles. The predicted octanol–water partition coefficient (Wildman–Crippen LogP) is 1.90. The van der Waals surface area contributed by atoms with Gasteiger partial charge in [-0.2, -0.15) is 5.10 Å². The summed E-state index contributed by atoms with van der Waals surface area (Å²) in [6.07, 6.45) is 2.82. The first kappa shape index (κ1) is 15.4. The molecular formula is C15H29N5. The molecule has 2 atom stereocenters. The summed E-state index contributed by atoms with van der Waals surface area (Å²) in [5.41, 5.74) is 0.211. The van der Waals surface area contributed by atoms with Gasteiger partial charge >= 0.3 is 0 Å². The molecule has 114 valence electrons. The number of hydrogen-bond donors (Lipinski definition) is 1. The van der Waals surface area contributed by atoms with Gasteiger partial charge in [-0.05, 0) is 26.2 Å². The van der Waals surface area contributed by atoms with E-state index in [0.29, 0.717) is 12.0 Å². The SMILES string of the molecule is CCn1ncnc1CN1CC(C)(CC)NCC1C(C)C. The van der Waals surface area contributed by atoms with Crippen molar-refractivity contribution in [3.63, 3.8) is 0 Å². The second kappa shape index (κ2) is 6.22. The number of nitrogens with zero attached hydrogens (tertiary/aromatic N) is 4. The normalized spacial score (nSPS) is 28.2. The van der Waals surface area contributed by atoms with Crippen LogP contribution in [0.3, 0.4) is 0 Å². The van der Waals surface area contributed by atoms with E-state index in [0.717, 1.165) is 38.4 Å². The Morgan fingerprint density at radius 2 is 2.20 bits per heavy atom. The Morgan fingerprint density at radius 3 is 2.80 bits per heavy atom. The summed E-state index contributed by atoms with van der Waals surface area (Å²) in [6.45, 7) is 15.2. The second-order valence-electron chi connectivity index (χ2n) is 6.50. The first-order chi connectivity index (χ1) is 9.49. The first-order valence-corrected chi connectivity index (χ1v) is 7.85. The zero-order valence-electron chi connectivity index (χ0n) is 13.6. The Morgan fingerprint density at radius 1 is 1.45 bits per heavy atom. The van der Waals surface area contributed by atoms with Crippen LogP contribution in [0.4, 0.5) is 0 Å². The molecule has 20 heavy (non-hydrogen) atoms. The second-order valence-corrected chi connectivity index (χ2v) is 6.50. The highest BCUT2D eigenvalue weighted by Gasteiger charge is 2.36. The van der Waals surface area contributed by atoms with E-state index < -0.39 is 0 Å². The number of rotatable bonds is 5. The molecule has 1 aromatic rings. The van der Waals surface area contributed by atoms with Crippen molar-refractivity contribution in [1.82, 2.24) is 25.0 Å². The lowest BCUT2D eigenvalue weighted by Gasteiger charge is -2.47. The third kappa shape index (κ3) is 3.20. The van der Waals surface area contributed by atoms with Gasteiger partial charge in [-0.15, -0.1) is 0 Å². The van der Waals surface area contributed by atoms with Crippen molar-refractivity contribution in [2.24, 2.45) is 5.92 Å². The van der Waals surface area contributed by atoms with Crippen molar-refractivity contribution in [1.29, 1.82) is 0 Å². The molecule has 2 unspecified atom stereocenters. The zero-order chi connectivity index (χ0) is 14.8. The molecule has 0 bridgehead atoms. The number of nitrogens with one attached hydrogen (secondary N) is 1. The van der Waals surface area contributed by atoms with Crippen LogP contribution in [0.5, 0.6) is 0 Å². The third-order valence-corrected chi connectivity index (χ3v) is 4.65. The van der Waals surface area contributed by atoms with Crippen LogP contribution in [0.15, 0.2) is 6.33 Å². The van der Waals surface area contributed by atoms with Crippen molar-refractivity contribution in [3.8, 4) is 0 Å². The number of aromatic nitrogens is 3. The Bertz CT molecular complexity index is 428. The maximum absolute atomic E-state index is 4.44. The van der Waals surface area contributed by atoms with Gasteiger partial charge in [0.25, 0.3) is 0 Å². The minimum Gasteiger partial charge on any atom is -0.309 e. The average molecular weight is 279 g/mol. The average Bonchev–Trinajstić information content (AvgIpc) is 2.86. The van der Waals surface area contributed by atoms with Crippen LogP contribution in [0, 0.1) is 5.92 Å². The zero-order valence-corrected chi connectivity index (χ0v) is 13.6. The van der Waals surface area contributed by atoms with Crippen LogP contribution in [0.1, 0.15) is 46.9 Å². The van der Waals surface area contributed by atoms with Gasteiger partial charge < -0.3 is 5.32 Å². The fourth-order valence-corrected chi connectivity index (χ4v) is 3.03. The molecule has 0 aliphatic carbocycles. The lowest BCUT2D eigenvalue weighted by atomic mass is 9.90. The van der Waals surface area contributed by atoms with E-state index in [2.05, 4.69) is 54.9 Å². The van der Waals surface area contributed by atoms with Crippen LogP contribution in [-0.4, -0.2) is 44.3 Å². The van der Waals surface area contributed by atoms with Crippen molar-refractivity contribution in [2.75, 3.05) is 13.1 Å². The van der Waals surface area contributed by atoms with Gasteiger partial charge in [-0.3, -0.25) is 4.90 Å². The van der Waals surface area contributed by atoms with E-state index in [4.69, 9.17) is 0 Å². The summed E-state index contributed by atoms with van der Waals surface area (Å²) < 4.78 is 2.00. The third-order valence-electron chi connectivity index (χ3n) is 4.65. The molecule has 2 heterocycles. The molecule has 0 radical (unpaired) electrons. The van der Waals surface area contributed by atoms with Crippen molar-refractivity contribution in [3.05, 3.63) is 12.2 Å². The molecule has 1 aromatic heterocycles. The van der Waals surface area contributed by atoms with Crippen LogP contribution in [0.2, 0.25) is 0 Å². The minimum atomic E-state index is 0.211. The highest BCUT2D eigenvalue weighted by molar-refractivity contribution is 4.97. The molecule has 1 saturated heterocycles. The molecule has 5 nitrogen and oxygen atoms in total. The topological polar surface area (TPSA) is 46.0 Å². The molecule has 1 aliphatic rings. The predicted molar refractivity (Wildman–Crippen MR) is 81.4 cm³/mol. The van der Waals surface area contributed by atoms with E-state index in [-0.39, 0.29) is 5.54 Å². The monoisotopic (exact) mass is 279 g/mol. The molecule has 1 N–H and O–H groups in total. The molecule has 0 amide bonds. The number of piperazine rings is 1. The maximum atomic E-state index is 4.44. The Balaban J connectivity index is 2.15. The summed E-state index contributed by atoms with van der Waals surface area (Å²) in [5, 5.41) is 8.02.